The zero-order valence-electron chi connectivity index (χ0n) is 11.7. The van der Waals surface area contributed by atoms with Gasteiger partial charge in [0, 0.05) is 12.1 Å². The van der Waals surface area contributed by atoms with Crippen molar-refractivity contribution in [2.45, 2.75) is 27.7 Å². The van der Waals surface area contributed by atoms with Gasteiger partial charge in [0.15, 0.2) is 5.82 Å². The van der Waals surface area contributed by atoms with Crippen LogP contribution in [0.3, 0.4) is 0 Å². The normalized spacial score (nSPS) is 10.6. The van der Waals surface area contributed by atoms with Crippen LogP contribution in [0.25, 0.3) is 11.4 Å². The number of aromatic nitrogens is 2. The summed E-state index contributed by atoms with van der Waals surface area (Å²) >= 11 is 2.29. The molecule has 1 N–H and O–H groups in total. The van der Waals surface area contributed by atoms with Crippen molar-refractivity contribution in [1.82, 2.24) is 9.97 Å². The molecule has 19 heavy (non-hydrogen) atoms. The maximum Gasteiger partial charge on any atom is 0.162 e. The average Bonchev–Trinajstić information content (AvgIpc) is 2.38. The molecule has 0 radical (unpaired) electrons. The predicted octanol–water partition coefficient (Wildman–Crippen LogP) is 4.11. The highest BCUT2D eigenvalue weighted by Crippen LogP contribution is 2.26. The maximum atomic E-state index is 4.67. The second-order valence-electron chi connectivity index (χ2n) is 4.64. The number of nitrogens with one attached hydrogen (secondary N) is 1. The van der Waals surface area contributed by atoms with Gasteiger partial charge in [0.2, 0.25) is 0 Å². The first-order valence-corrected chi connectivity index (χ1v) is 7.46. The van der Waals surface area contributed by atoms with Gasteiger partial charge < -0.3 is 5.32 Å². The summed E-state index contributed by atoms with van der Waals surface area (Å²) in [4.78, 5) is 9.29. The number of benzene rings is 1. The van der Waals surface area contributed by atoms with Gasteiger partial charge in [-0.05, 0) is 61.9 Å². The minimum absolute atomic E-state index is 0.801. The molecule has 0 saturated carbocycles. The van der Waals surface area contributed by atoms with E-state index in [1.54, 1.807) is 0 Å². The third-order valence-corrected chi connectivity index (χ3v) is 4.29. The van der Waals surface area contributed by atoms with Crippen molar-refractivity contribution < 1.29 is 0 Å². The molecule has 1 heterocycles. The summed E-state index contributed by atoms with van der Waals surface area (Å²) in [7, 11) is 0. The highest BCUT2D eigenvalue weighted by Gasteiger charge is 2.12. The zero-order valence-corrected chi connectivity index (χ0v) is 13.9. The van der Waals surface area contributed by atoms with Crippen LogP contribution in [0, 0.1) is 24.3 Å². The van der Waals surface area contributed by atoms with Crippen molar-refractivity contribution >= 4 is 28.4 Å². The molecule has 2 aromatic rings. The van der Waals surface area contributed by atoms with Crippen LogP contribution in [0.5, 0.6) is 0 Å². The lowest BCUT2D eigenvalue weighted by Gasteiger charge is -2.12. The van der Waals surface area contributed by atoms with Gasteiger partial charge >= 0.3 is 0 Å². The van der Waals surface area contributed by atoms with Crippen LogP contribution in [-0.2, 0) is 0 Å². The van der Waals surface area contributed by atoms with E-state index < -0.39 is 0 Å². The van der Waals surface area contributed by atoms with Gasteiger partial charge in [-0.2, -0.15) is 0 Å². The molecule has 0 spiro atoms. The molecule has 1 aromatic heterocycles. The molecular weight excluding hydrogens is 349 g/mol. The van der Waals surface area contributed by atoms with E-state index in [4.69, 9.17) is 0 Å². The van der Waals surface area contributed by atoms with Crippen LogP contribution in [0.4, 0.5) is 5.82 Å². The number of aryl methyl sites for hydroxylation is 3. The van der Waals surface area contributed by atoms with Crippen molar-refractivity contribution in [3.05, 3.63) is 38.6 Å². The van der Waals surface area contributed by atoms with Gasteiger partial charge in [0.1, 0.15) is 5.82 Å². The van der Waals surface area contributed by atoms with E-state index in [1.807, 2.05) is 6.92 Å². The van der Waals surface area contributed by atoms with Crippen LogP contribution in [0.2, 0.25) is 0 Å². The number of nitrogens with zero attached hydrogens (tertiary/aromatic N) is 2. The monoisotopic (exact) mass is 367 g/mol. The molecule has 2 rings (SSSR count). The quantitative estimate of drug-likeness (QED) is 0.830. The molecule has 4 heteroatoms. The molecule has 0 bridgehead atoms. The van der Waals surface area contributed by atoms with Crippen molar-refractivity contribution in [1.29, 1.82) is 0 Å². The van der Waals surface area contributed by atoms with Crippen LogP contribution < -0.4 is 5.32 Å². The fraction of sp³-hybridized carbons (Fsp3) is 0.333. The Kier molecular flexibility index (Phi) is 4.39. The van der Waals surface area contributed by atoms with Gasteiger partial charge in [-0.15, -0.1) is 0 Å². The first kappa shape index (κ1) is 14.2. The molecule has 0 unspecified atom stereocenters. The molecule has 0 aliphatic heterocycles. The van der Waals surface area contributed by atoms with E-state index in [0.29, 0.717) is 0 Å². The first-order chi connectivity index (χ1) is 9.02. The number of anilines is 1. The van der Waals surface area contributed by atoms with Crippen LogP contribution >= 0.6 is 22.6 Å². The van der Waals surface area contributed by atoms with Crippen LogP contribution in [0.15, 0.2) is 18.2 Å². The van der Waals surface area contributed by atoms with Crippen LogP contribution in [-0.4, -0.2) is 16.5 Å². The van der Waals surface area contributed by atoms with Crippen LogP contribution in [0.1, 0.15) is 23.7 Å². The molecule has 100 valence electrons. The number of hydrogen-bond acceptors (Lipinski definition) is 3. The zero-order chi connectivity index (χ0) is 14.0. The molecule has 3 nitrogen and oxygen atoms in total. The Hall–Kier alpha value is -1.17. The van der Waals surface area contributed by atoms with Crippen molar-refractivity contribution in [3.8, 4) is 11.4 Å². The largest absolute Gasteiger partial charge is 0.369 e. The van der Waals surface area contributed by atoms with Gasteiger partial charge in [-0.3, -0.25) is 0 Å². The van der Waals surface area contributed by atoms with E-state index in [0.717, 1.165) is 33.0 Å². The maximum absolute atomic E-state index is 4.67. The highest BCUT2D eigenvalue weighted by atomic mass is 127. The summed E-state index contributed by atoms with van der Waals surface area (Å²) in [6, 6.07) is 6.38. The Bertz CT molecular complexity index is 609. The Morgan fingerprint density at radius 2 is 1.89 bits per heavy atom. The molecule has 0 aliphatic carbocycles. The summed E-state index contributed by atoms with van der Waals surface area (Å²) in [6.45, 7) is 9.15. The average molecular weight is 367 g/mol. The highest BCUT2D eigenvalue weighted by molar-refractivity contribution is 14.1. The number of halogens is 1. The van der Waals surface area contributed by atoms with E-state index in [-0.39, 0.29) is 0 Å². The molecule has 0 saturated heterocycles. The van der Waals surface area contributed by atoms with Gasteiger partial charge in [0.25, 0.3) is 0 Å². The van der Waals surface area contributed by atoms with Gasteiger partial charge in [0.05, 0.1) is 9.26 Å². The van der Waals surface area contributed by atoms with E-state index >= 15 is 0 Å². The molecule has 1 aromatic carbocycles. The standard InChI is InChI=1S/C15H18IN3/c1-5-17-15-13(16)11(4)18-14(19-15)12-8-9(2)6-7-10(12)3/h6-8H,5H2,1-4H3,(H,17,18,19). The summed E-state index contributed by atoms with van der Waals surface area (Å²) in [5.74, 6) is 1.72. The topological polar surface area (TPSA) is 37.8 Å². The van der Waals surface area contributed by atoms with Crippen molar-refractivity contribution in [2.75, 3.05) is 11.9 Å². The molecule has 0 aliphatic rings. The Morgan fingerprint density at radius 1 is 1.16 bits per heavy atom. The first-order valence-electron chi connectivity index (χ1n) is 6.38. The molecule has 0 amide bonds. The minimum Gasteiger partial charge on any atom is -0.369 e. The number of rotatable bonds is 3. The number of hydrogen-bond donors (Lipinski definition) is 1. The van der Waals surface area contributed by atoms with Crippen molar-refractivity contribution in [3.63, 3.8) is 0 Å². The van der Waals surface area contributed by atoms with Crippen molar-refractivity contribution in [2.24, 2.45) is 0 Å². The smallest absolute Gasteiger partial charge is 0.162 e. The summed E-state index contributed by atoms with van der Waals surface area (Å²) in [6.07, 6.45) is 0. The Morgan fingerprint density at radius 3 is 2.58 bits per heavy atom. The predicted molar refractivity (Wildman–Crippen MR) is 88.6 cm³/mol. The Balaban J connectivity index is 2.59. The van der Waals surface area contributed by atoms with E-state index in [1.165, 1.54) is 11.1 Å². The van der Waals surface area contributed by atoms with Gasteiger partial charge in [-0.1, -0.05) is 17.7 Å². The fourth-order valence-corrected chi connectivity index (χ4v) is 2.37. The lowest BCUT2D eigenvalue weighted by atomic mass is 10.1. The second kappa shape index (κ2) is 5.86. The fourth-order valence-electron chi connectivity index (χ4n) is 1.94. The second-order valence-corrected chi connectivity index (χ2v) is 5.72. The summed E-state index contributed by atoms with van der Waals surface area (Å²) in [5.41, 5.74) is 4.56. The third-order valence-electron chi connectivity index (χ3n) is 3.00. The summed E-state index contributed by atoms with van der Waals surface area (Å²) < 4.78 is 1.09. The van der Waals surface area contributed by atoms with E-state index in [9.17, 15) is 0 Å². The molecular formula is C15H18IN3. The third kappa shape index (κ3) is 3.05. The van der Waals surface area contributed by atoms with E-state index in [2.05, 4.69) is 76.8 Å². The summed E-state index contributed by atoms with van der Waals surface area (Å²) in [5, 5.41) is 3.30. The minimum atomic E-state index is 0.801. The lowest BCUT2D eigenvalue weighted by molar-refractivity contribution is 1.06. The van der Waals surface area contributed by atoms with Gasteiger partial charge in [-0.25, -0.2) is 9.97 Å². The Labute approximate surface area is 128 Å². The SMILES string of the molecule is CCNc1nc(-c2cc(C)ccc2C)nc(C)c1I. The lowest BCUT2D eigenvalue weighted by Crippen LogP contribution is -2.06. The molecule has 0 fully saturated rings. The molecule has 0 atom stereocenters.